The van der Waals surface area contributed by atoms with Crippen molar-refractivity contribution >= 4 is 32.7 Å². The van der Waals surface area contributed by atoms with E-state index in [1.807, 2.05) is 47.8 Å². The molecule has 134 valence electrons. The summed E-state index contributed by atoms with van der Waals surface area (Å²) in [6.07, 6.45) is 0.727. The molecule has 2 heterocycles. The Kier molecular flexibility index (Phi) is 4.20. The minimum atomic E-state index is -3.22. The number of hydrogen-bond acceptors (Lipinski definition) is 5. The minimum Gasteiger partial charge on any atom is -0.398 e. The normalized spacial score (nSPS) is 13.8. The molecule has 0 spiro atoms. The van der Waals surface area contributed by atoms with Crippen LogP contribution in [0.3, 0.4) is 0 Å². The van der Waals surface area contributed by atoms with Crippen molar-refractivity contribution < 1.29 is 8.42 Å². The Balaban J connectivity index is 1.68. The van der Waals surface area contributed by atoms with E-state index in [2.05, 4.69) is 0 Å². The number of thiazole rings is 1. The second-order valence-electron chi connectivity index (χ2n) is 6.19. The molecule has 0 amide bonds. The van der Waals surface area contributed by atoms with Gasteiger partial charge in [0.15, 0.2) is 0 Å². The number of sulfonamides is 1. The molecule has 0 atom stereocenters. The lowest BCUT2D eigenvalue weighted by Gasteiger charge is -2.18. The Morgan fingerprint density at radius 3 is 2.81 bits per heavy atom. The maximum Gasteiger partial charge on any atom is 0.234 e. The second-order valence-corrected chi connectivity index (χ2v) is 9.23. The standard InChI is InChI=1S/C19H19N3O2S2/c1-2-26(23,24)22-10-9-14-11-13(7-8-18(14)22)17-12-25-19(21-17)15-5-3-4-6-16(15)20/h3-8,11-12H,2,9-10,20H2,1H3. The summed E-state index contributed by atoms with van der Waals surface area (Å²) in [6, 6.07) is 13.6. The molecule has 0 bridgehead atoms. The first kappa shape index (κ1) is 17.1. The van der Waals surface area contributed by atoms with Gasteiger partial charge in [-0.25, -0.2) is 13.4 Å². The van der Waals surface area contributed by atoms with E-state index in [4.69, 9.17) is 10.7 Å². The number of rotatable bonds is 4. The van der Waals surface area contributed by atoms with E-state index in [1.165, 1.54) is 4.31 Å². The monoisotopic (exact) mass is 385 g/mol. The molecule has 0 unspecified atom stereocenters. The Hall–Kier alpha value is -2.38. The van der Waals surface area contributed by atoms with Crippen LogP contribution in [-0.2, 0) is 16.4 Å². The van der Waals surface area contributed by atoms with Crippen LogP contribution in [0.15, 0.2) is 47.8 Å². The van der Waals surface area contributed by atoms with Crippen LogP contribution >= 0.6 is 11.3 Å². The van der Waals surface area contributed by atoms with E-state index in [1.54, 1.807) is 18.3 Å². The van der Waals surface area contributed by atoms with Gasteiger partial charge in [-0.1, -0.05) is 18.2 Å². The Morgan fingerprint density at radius 2 is 2.04 bits per heavy atom. The SMILES string of the molecule is CCS(=O)(=O)N1CCc2cc(-c3csc(-c4ccccc4N)n3)ccc21. The van der Waals surface area contributed by atoms with Gasteiger partial charge in [-0.3, -0.25) is 4.31 Å². The van der Waals surface area contributed by atoms with Crippen LogP contribution in [0.5, 0.6) is 0 Å². The molecule has 4 rings (SSSR count). The van der Waals surface area contributed by atoms with Crippen molar-refractivity contribution in [2.75, 3.05) is 22.3 Å². The van der Waals surface area contributed by atoms with Gasteiger partial charge < -0.3 is 5.73 Å². The molecule has 0 saturated carbocycles. The maximum absolute atomic E-state index is 12.2. The Labute approximate surface area is 157 Å². The summed E-state index contributed by atoms with van der Waals surface area (Å²) in [5, 5.41) is 2.90. The van der Waals surface area contributed by atoms with Gasteiger partial charge in [-0.05, 0) is 43.2 Å². The summed E-state index contributed by atoms with van der Waals surface area (Å²) in [5.41, 5.74) is 11.4. The molecule has 1 aromatic heterocycles. The summed E-state index contributed by atoms with van der Waals surface area (Å²) in [6.45, 7) is 2.19. The lowest BCUT2D eigenvalue weighted by atomic mass is 10.1. The fourth-order valence-corrected chi connectivity index (χ4v) is 5.23. The van der Waals surface area contributed by atoms with Gasteiger partial charge in [-0.15, -0.1) is 11.3 Å². The van der Waals surface area contributed by atoms with Crippen molar-refractivity contribution in [1.29, 1.82) is 0 Å². The van der Waals surface area contributed by atoms with Gasteiger partial charge in [-0.2, -0.15) is 0 Å². The maximum atomic E-state index is 12.2. The Morgan fingerprint density at radius 1 is 1.23 bits per heavy atom. The fourth-order valence-electron chi connectivity index (χ4n) is 3.20. The van der Waals surface area contributed by atoms with E-state index in [-0.39, 0.29) is 5.75 Å². The molecule has 0 fully saturated rings. The van der Waals surface area contributed by atoms with Crippen LogP contribution in [0, 0.1) is 0 Å². The molecular formula is C19H19N3O2S2. The molecule has 0 saturated heterocycles. The lowest BCUT2D eigenvalue weighted by molar-refractivity contribution is 0.593. The highest BCUT2D eigenvalue weighted by molar-refractivity contribution is 7.92. The van der Waals surface area contributed by atoms with Crippen molar-refractivity contribution in [3.8, 4) is 21.8 Å². The zero-order valence-corrected chi connectivity index (χ0v) is 16.0. The highest BCUT2D eigenvalue weighted by Gasteiger charge is 2.28. The second kappa shape index (κ2) is 6.41. The highest BCUT2D eigenvalue weighted by Crippen LogP contribution is 2.36. The van der Waals surface area contributed by atoms with Crippen molar-refractivity contribution in [3.63, 3.8) is 0 Å². The molecule has 3 aromatic rings. The first-order chi connectivity index (χ1) is 12.5. The fraction of sp³-hybridized carbons (Fsp3) is 0.211. The van der Waals surface area contributed by atoms with Gasteiger partial charge in [0.2, 0.25) is 10.0 Å². The third-order valence-electron chi connectivity index (χ3n) is 4.62. The van der Waals surface area contributed by atoms with Gasteiger partial charge >= 0.3 is 0 Å². The summed E-state index contributed by atoms with van der Waals surface area (Å²) >= 11 is 1.56. The Bertz CT molecular complexity index is 1070. The van der Waals surface area contributed by atoms with Crippen LogP contribution in [0.25, 0.3) is 21.8 Å². The number of aromatic nitrogens is 1. The van der Waals surface area contributed by atoms with Crippen molar-refractivity contribution in [1.82, 2.24) is 4.98 Å². The van der Waals surface area contributed by atoms with Crippen LogP contribution < -0.4 is 10.0 Å². The van der Waals surface area contributed by atoms with Gasteiger partial charge in [0, 0.05) is 28.7 Å². The van der Waals surface area contributed by atoms with Crippen molar-refractivity contribution in [2.45, 2.75) is 13.3 Å². The van der Waals surface area contributed by atoms with Crippen LogP contribution in [0.2, 0.25) is 0 Å². The molecule has 0 aliphatic carbocycles. The summed E-state index contributed by atoms with van der Waals surface area (Å²) in [5.74, 6) is 0.113. The molecule has 5 nitrogen and oxygen atoms in total. The number of para-hydroxylation sites is 1. The van der Waals surface area contributed by atoms with E-state index < -0.39 is 10.0 Å². The number of nitrogens with zero attached hydrogens (tertiary/aromatic N) is 2. The molecule has 26 heavy (non-hydrogen) atoms. The molecule has 1 aliphatic heterocycles. The summed E-state index contributed by atoms with van der Waals surface area (Å²) in [4.78, 5) is 4.73. The van der Waals surface area contributed by atoms with Gasteiger partial charge in [0.25, 0.3) is 0 Å². The molecular weight excluding hydrogens is 366 g/mol. The number of nitrogen functional groups attached to an aromatic ring is 1. The van der Waals surface area contributed by atoms with Crippen LogP contribution in [0.4, 0.5) is 11.4 Å². The average Bonchev–Trinajstić information content (AvgIpc) is 3.29. The quantitative estimate of drug-likeness (QED) is 0.694. The van der Waals surface area contributed by atoms with Gasteiger partial charge in [0.1, 0.15) is 5.01 Å². The molecule has 0 radical (unpaired) electrons. The van der Waals surface area contributed by atoms with Crippen LogP contribution in [-0.4, -0.2) is 25.7 Å². The molecule has 2 aromatic carbocycles. The molecule has 1 aliphatic rings. The first-order valence-electron chi connectivity index (χ1n) is 8.43. The average molecular weight is 386 g/mol. The largest absolute Gasteiger partial charge is 0.398 e. The predicted octanol–water partition coefficient (Wildman–Crippen LogP) is 3.77. The molecule has 7 heteroatoms. The number of nitrogens with two attached hydrogens (primary N) is 1. The number of fused-ring (bicyclic) bond motifs is 1. The van der Waals surface area contributed by atoms with E-state index in [0.717, 1.165) is 39.5 Å². The summed E-state index contributed by atoms with van der Waals surface area (Å²) < 4.78 is 25.9. The van der Waals surface area contributed by atoms with Crippen molar-refractivity contribution in [3.05, 3.63) is 53.4 Å². The highest BCUT2D eigenvalue weighted by atomic mass is 32.2. The smallest absolute Gasteiger partial charge is 0.234 e. The van der Waals surface area contributed by atoms with E-state index >= 15 is 0 Å². The topological polar surface area (TPSA) is 76.3 Å². The van der Waals surface area contributed by atoms with E-state index in [9.17, 15) is 8.42 Å². The number of hydrogen-bond donors (Lipinski definition) is 1. The lowest BCUT2D eigenvalue weighted by Crippen LogP contribution is -2.30. The minimum absolute atomic E-state index is 0.113. The number of benzene rings is 2. The first-order valence-corrected chi connectivity index (χ1v) is 10.9. The van der Waals surface area contributed by atoms with Gasteiger partial charge in [0.05, 0.1) is 17.1 Å². The molecule has 2 N–H and O–H groups in total. The van der Waals surface area contributed by atoms with Crippen molar-refractivity contribution in [2.24, 2.45) is 0 Å². The number of anilines is 2. The zero-order chi connectivity index (χ0) is 18.3. The third-order valence-corrected chi connectivity index (χ3v) is 7.28. The zero-order valence-electron chi connectivity index (χ0n) is 14.3. The summed E-state index contributed by atoms with van der Waals surface area (Å²) in [7, 11) is -3.22. The third kappa shape index (κ3) is 2.87. The predicted molar refractivity (Wildman–Crippen MR) is 108 cm³/mol. The van der Waals surface area contributed by atoms with Crippen LogP contribution in [0.1, 0.15) is 12.5 Å². The van der Waals surface area contributed by atoms with E-state index in [0.29, 0.717) is 12.2 Å².